The molecule has 0 aliphatic rings. The number of nitrogens with zero attached hydrogens (tertiary/aromatic N) is 1. The molecule has 0 aliphatic heterocycles. The van der Waals surface area contributed by atoms with E-state index in [-0.39, 0.29) is 5.41 Å². The molecule has 0 fully saturated rings. The Kier molecular flexibility index (Phi) is 5.18. The van der Waals surface area contributed by atoms with Gasteiger partial charge in [0.2, 0.25) is 0 Å². The average Bonchev–Trinajstić information content (AvgIpc) is 2.35. The number of hydrogen-bond donors (Lipinski definition) is 1. The molecule has 0 aromatic heterocycles. The third kappa shape index (κ3) is 5.01. The SMILES string of the molecule is CC(CNCCC(C)(C)C#N)c1ccccc1. The van der Waals surface area contributed by atoms with Gasteiger partial charge < -0.3 is 5.32 Å². The topological polar surface area (TPSA) is 35.8 Å². The van der Waals surface area contributed by atoms with E-state index in [1.807, 2.05) is 19.9 Å². The van der Waals surface area contributed by atoms with Crippen LogP contribution in [0.4, 0.5) is 0 Å². The van der Waals surface area contributed by atoms with Gasteiger partial charge in [-0.05, 0) is 38.3 Å². The number of rotatable bonds is 6. The first-order valence-corrected chi connectivity index (χ1v) is 6.22. The molecule has 0 saturated carbocycles. The van der Waals surface area contributed by atoms with Gasteiger partial charge >= 0.3 is 0 Å². The lowest BCUT2D eigenvalue weighted by atomic mass is 9.91. The number of nitrogens with one attached hydrogen (secondary N) is 1. The van der Waals surface area contributed by atoms with Gasteiger partial charge in [0.25, 0.3) is 0 Å². The Balaban J connectivity index is 2.26. The first kappa shape index (κ1) is 13.7. The molecule has 17 heavy (non-hydrogen) atoms. The molecule has 0 amide bonds. The molecule has 0 spiro atoms. The molecule has 1 aromatic carbocycles. The van der Waals surface area contributed by atoms with Crippen molar-refractivity contribution in [3.8, 4) is 6.07 Å². The Morgan fingerprint density at radius 3 is 2.53 bits per heavy atom. The summed E-state index contributed by atoms with van der Waals surface area (Å²) < 4.78 is 0. The Morgan fingerprint density at radius 2 is 1.94 bits per heavy atom. The summed E-state index contributed by atoms with van der Waals surface area (Å²) in [5.41, 5.74) is 1.14. The lowest BCUT2D eigenvalue weighted by Gasteiger charge is -2.17. The van der Waals surface area contributed by atoms with Crippen LogP contribution in [0, 0.1) is 16.7 Å². The van der Waals surface area contributed by atoms with Crippen LogP contribution in [0.3, 0.4) is 0 Å². The molecule has 1 atom stereocenters. The van der Waals surface area contributed by atoms with Gasteiger partial charge in [-0.25, -0.2) is 0 Å². The molecule has 0 bridgehead atoms. The van der Waals surface area contributed by atoms with Crippen LogP contribution < -0.4 is 5.32 Å². The van der Waals surface area contributed by atoms with Crippen molar-refractivity contribution >= 4 is 0 Å². The smallest absolute Gasteiger partial charge is 0.0684 e. The fraction of sp³-hybridized carbons (Fsp3) is 0.533. The van der Waals surface area contributed by atoms with Crippen molar-refractivity contribution in [1.29, 1.82) is 5.26 Å². The number of benzene rings is 1. The lowest BCUT2D eigenvalue weighted by Crippen LogP contribution is -2.25. The van der Waals surface area contributed by atoms with Gasteiger partial charge in [0, 0.05) is 6.54 Å². The van der Waals surface area contributed by atoms with Gasteiger partial charge in [-0.15, -0.1) is 0 Å². The maximum Gasteiger partial charge on any atom is 0.0684 e. The van der Waals surface area contributed by atoms with Crippen LogP contribution >= 0.6 is 0 Å². The van der Waals surface area contributed by atoms with E-state index < -0.39 is 0 Å². The van der Waals surface area contributed by atoms with Crippen molar-refractivity contribution < 1.29 is 0 Å². The Morgan fingerprint density at radius 1 is 1.29 bits per heavy atom. The third-order valence-corrected chi connectivity index (χ3v) is 3.05. The summed E-state index contributed by atoms with van der Waals surface area (Å²) in [5, 5.41) is 12.3. The summed E-state index contributed by atoms with van der Waals surface area (Å²) in [7, 11) is 0. The molecule has 0 radical (unpaired) electrons. The van der Waals surface area contributed by atoms with Gasteiger partial charge in [-0.1, -0.05) is 37.3 Å². The maximum atomic E-state index is 8.90. The highest BCUT2D eigenvalue weighted by Crippen LogP contribution is 2.18. The zero-order valence-electron chi connectivity index (χ0n) is 11.0. The molecule has 1 unspecified atom stereocenters. The quantitative estimate of drug-likeness (QED) is 0.761. The zero-order chi connectivity index (χ0) is 12.7. The van der Waals surface area contributed by atoms with Crippen LogP contribution in [-0.2, 0) is 0 Å². The highest BCUT2D eigenvalue weighted by Gasteiger charge is 2.15. The summed E-state index contributed by atoms with van der Waals surface area (Å²) in [6.07, 6.45) is 0.894. The molecule has 0 saturated heterocycles. The van der Waals surface area contributed by atoms with E-state index in [9.17, 15) is 0 Å². The lowest BCUT2D eigenvalue weighted by molar-refractivity contribution is 0.429. The molecule has 2 nitrogen and oxygen atoms in total. The van der Waals surface area contributed by atoms with Crippen LogP contribution in [-0.4, -0.2) is 13.1 Å². The van der Waals surface area contributed by atoms with Gasteiger partial charge in [-0.2, -0.15) is 5.26 Å². The maximum absolute atomic E-state index is 8.90. The average molecular weight is 230 g/mol. The van der Waals surface area contributed by atoms with Gasteiger partial charge in [-0.3, -0.25) is 0 Å². The molecular weight excluding hydrogens is 208 g/mol. The van der Waals surface area contributed by atoms with Gasteiger partial charge in [0.1, 0.15) is 0 Å². The normalized spacial score (nSPS) is 13.1. The highest BCUT2D eigenvalue weighted by atomic mass is 14.9. The van der Waals surface area contributed by atoms with Crippen molar-refractivity contribution in [2.75, 3.05) is 13.1 Å². The fourth-order valence-corrected chi connectivity index (χ4v) is 1.67. The first-order chi connectivity index (χ1) is 8.05. The minimum absolute atomic E-state index is 0.219. The van der Waals surface area contributed by atoms with Crippen molar-refractivity contribution in [3.63, 3.8) is 0 Å². The van der Waals surface area contributed by atoms with Crippen molar-refractivity contribution in [1.82, 2.24) is 5.32 Å². The predicted octanol–water partition coefficient (Wildman–Crippen LogP) is 3.32. The summed E-state index contributed by atoms with van der Waals surface area (Å²) in [5.74, 6) is 0.515. The summed E-state index contributed by atoms with van der Waals surface area (Å²) in [6, 6.07) is 12.8. The summed E-state index contributed by atoms with van der Waals surface area (Å²) in [4.78, 5) is 0. The van der Waals surface area contributed by atoms with E-state index in [1.165, 1.54) is 5.56 Å². The Hall–Kier alpha value is -1.33. The van der Waals surface area contributed by atoms with E-state index >= 15 is 0 Å². The van der Waals surface area contributed by atoms with E-state index in [0.29, 0.717) is 5.92 Å². The Bertz CT molecular complexity index is 362. The number of nitriles is 1. The zero-order valence-corrected chi connectivity index (χ0v) is 11.0. The van der Waals surface area contributed by atoms with Crippen LogP contribution in [0.2, 0.25) is 0 Å². The molecule has 1 aromatic rings. The first-order valence-electron chi connectivity index (χ1n) is 6.22. The van der Waals surface area contributed by atoms with Crippen LogP contribution in [0.1, 0.15) is 38.7 Å². The van der Waals surface area contributed by atoms with Crippen molar-refractivity contribution in [2.24, 2.45) is 5.41 Å². The molecule has 1 N–H and O–H groups in total. The van der Waals surface area contributed by atoms with Crippen LogP contribution in [0.5, 0.6) is 0 Å². The standard InChI is InChI=1S/C15H22N2/c1-13(14-7-5-4-6-8-14)11-17-10-9-15(2,3)12-16/h4-8,13,17H,9-11H2,1-3H3. The third-order valence-electron chi connectivity index (χ3n) is 3.05. The molecule has 0 heterocycles. The molecule has 1 rings (SSSR count). The van der Waals surface area contributed by atoms with Crippen molar-refractivity contribution in [2.45, 2.75) is 33.1 Å². The van der Waals surface area contributed by atoms with E-state index in [4.69, 9.17) is 5.26 Å². The van der Waals surface area contributed by atoms with E-state index in [1.54, 1.807) is 0 Å². The minimum Gasteiger partial charge on any atom is -0.316 e. The molecule has 92 valence electrons. The van der Waals surface area contributed by atoms with Crippen LogP contribution in [0.15, 0.2) is 30.3 Å². The summed E-state index contributed by atoms with van der Waals surface area (Å²) >= 11 is 0. The van der Waals surface area contributed by atoms with Crippen LogP contribution in [0.25, 0.3) is 0 Å². The minimum atomic E-state index is -0.219. The van der Waals surface area contributed by atoms with Crippen molar-refractivity contribution in [3.05, 3.63) is 35.9 Å². The highest BCUT2D eigenvalue weighted by molar-refractivity contribution is 5.18. The Labute approximate surface area is 105 Å². The summed E-state index contributed by atoms with van der Waals surface area (Å²) in [6.45, 7) is 8.05. The van der Waals surface area contributed by atoms with E-state index in [2.05, 4.69) is 42.6 Å². The largest absolute Gasteiger partial charge is 0.316 e. The molecule has 0 aliphatic carbocycles. The molecule has 2 heteroatoms. The van der Waals surface area contributed by atoms with E-state index in [0.717, 1.165) is 19.5 Å². The van der Waals surface area contributed by atoms with Gasteiger partial charge in [0.15, 0.2) is 0 Å². The second-order valence-corrected chi connectivity index (χ2v) is 5.26. The predicted molar refractivity (Wildman–Crippen MR) is 71.7 cm³/mol. The van der Waals surface area contributed by atoms with Gasteiger partial charge in [0.05, 0.1) is 11.5 Å². The molecular formula is C15H22N2. The number of hydrogen-bond acceptors (Lipinski definition) is 2. The second kappa shape index (κ2) is 6.42. The fourth-order valence-electron chi connectivity index (χ4n) is 1.67. The monoisotopic (exact) mass is 230 g/mol. The second-order valence-electron chi connectivity index (χ2n) is 5.26.